The average Bonchev–Trinajstić information content (AvgIpc) is 3.86. The SMILES string of the molecule is C=CC(=O)N1CC(C(F)(F)F)[C@](F)(C(=O)N(C)C(C(=O)N[C@H]2Cc3cccc(c3)-c3ccc4c(c3)c(c(-c3cccnc3[C@H](C)OC)n4CC)CC(C)(C)COC(=O)[C@@H]3CCCN(N3)C2=O)C(C)C)C1. The summed E-state index contributed by atoms with van der Waals surface area (Å²) in [5, 5.41) is 5.01. The van der Waals surface area contributed by atoms with Crippen LogP contribution < -0.4 is 10.7 Å². The molecule has 0 aliphatic carbocycles. The quantitative estimate of drug-likeness (QED) is 0.0959. The van der Waals surface area contributed by atoms with Crippen LogP contribution in [0.2, 0.25) is 0 Å². The summed E-state index contributed by atoms with van der Waals surface area (Å²) in [6, 6.07) is 13.8. The number of alkyl halides is 4. The molecule has 6 bridgehead atoms. The number of likely N-dealkylation sites (tertiary alicyclic amines) is 1. The lowest BCUT2D eigenvalue weighted by molar-refractivity contribution is -0.204. The molecule has 4 aromatic rings. The van der Waals surface area contributed by atoms with Crippen molar-refractivity contribution in [2.75, 3.05) is 40.4 Å². The fourth-order valence-electron chi connectivity index (χ4n) is 10.3. The van der Waals surface area contributed by atoms with Crippen molar-refractivity contribution in [3.05, 3.63) is 90.3 Å². The highest BCUT2D eigenvalue weighted by atomic mass is 19.4. The number of aromatic nitrogens is 2. The number of hydrogen-bond donors (Lipinski definition) is 2. The van der Waals surface area contributed by atoms with Crippen molar-refractivity contribution < 1.29 is 51.0 Å². The van der Waals surface area contributed by atoms with Crippen LogP contribution in [0.15, 0.2) is 73.4 Å². The molecular formula is C52H63F4N7O7. The topological polar surface area (TPSA) is 155 Å². The molecule has 14 nitrogen and oxygen atoms in total. The largest absolute Gasteiger partial charge is 0.464 e. The maximum Gasteiger partial charge on any atom is 0.397 e. The standard InChI is InChI=1S/C52H63F4N7O7/c1-10-42(64)61-27-41(52(54,55)56)51(53,28-61)49(68)60(8)44(30(3)4)46(65)58-39-24-32-15-12-16-33(23-32)34-19-20-40-36(25-34)37(45(62(40)11-2)35-17-13-21-57-43(35)31(5)69-9)26-50(6,7)29-70-48(67)38-18-14-22-63(59-38)47(39)66/h10,12-13,15-17,19-21,23,25,30-31,38-39,41,44,59H,1,11,14,18,22,24,26-29H2,2-9H3,(H,58,65)/t31-,38-,39-,41?,44?,51-/m0/s1. The zero-order valence-corrected chi connectivity index (χ0v) is 41.0. The van der Waals surface area contributed by atoms with Crippen LogP contribution in [0.5, 0.6) is 0 Å². The number of methoxy groups -OCH3 is 1. The number of nitrogens with zero attached hydrogens (tertiary/aromatic N) is 5. The van der Waals surface area contributed by atoms with Gasteiger partial charge in [-0.1, -0.05) is 64.6 Å². The summed E-state index contributed by atoms with van der Waals surface area (Å²) in [4.78, 5) is 75.5. The van der Waals surface area contributed by atoms with Gasteiger partial charge in [-0.25, -0.2) is 9.82 Å². The van der Waals surface area contributed by atoms with E-state index in [0.29, 0.717) is 41.2 Å². The van der Waals surface area contributed by atoms with E-state index in [2.05, 4.69) is 40.9 Å². The van der Waals surface area contributed by atoms with Crippen molar-refractivity contribution in [3.8, 4) is 22.4 Å². The molecular weight excluding hydrogens is 911 g/mol. The number of hydrazine groups is 1. The Morgan fingerprint density at radius 3 is 2.49 bits per heavy atom. The first kappa shape index (κ1) is 51.7. The fraction of sp³-hybridized carbons (Fsp3) is 0.500. The Morgan fingerprint density at radius 1 is 1.09 bits per heavy atom. The molecule has 5 heterocycles. The molecule has 18 heteroatoms. The minimum absolute atomic E-state index is 0.0420. The van der Waals surface area contributed by atoms with Crippen molar-refractivity contribution in [2.45, 2.75) is 110 Å². The number of carbonyl (C=O) groups is 5. The van der Waals surface area contributed by atoms with Crippen molar-refractivity contribution in [1.29, 1.82) is 0 Å². The predicted octanol–water partition coefficient (Wildman–Crippen LogP) is 7.14. The minimum atomic E-state index is -5.22. The maximum absolute atomic E-state index is 16.8. The van der Waals surface area contributed by atoms with Crippen molar-refractivity contribution in [1.82, 2.24) is 35.1 Å². The molecule has 3 aliphatic heterocycles. The second-order valence-electron chi connectivity index (χ2n) is 19.8. The van der Waals surface area contributed by atoms with Crippen LogP contribution in [0.1, 0.15) is 77.3 Å². The zero-order valence-electron chi connectivity index (χ0n) is 41.0. The van der Waals surface area contributed by atoms with Crippen molar-refractivity contribution >= 4 is 40.5 Å². The normalized spacial score (nSPS) is 22.8. The summed E-state index contributed by atoms with van der Waals surface area (Å²) in [7, 11) is 2.68. The Hall–Kier alpha value is -6.14. The molecule has 4 amide bonds. The van der Waals surface area contributed by atoms with Crippen LogP contribution in [0.3, 0.4) is 0 Å². The van der Waals surface area contributed by atoms with Gasteiger partial charge in [0.05, 0.1) is 30.6 Å². The summed E-state index contributed by atoms with van der Waals surface area (Å²) >= 11 is 0. The van der Waals surface area contributed by atoms with Crippen LogP contribution >= 0.6 is 0 Å². The number of carbonyl (C=O) groups excluding carboxylic acids is 5. The summed E-state index contributed by atoms with van der Waals surface area (Å²) in [6.07, 6.45) is -1.86. The number of rotatable bonds is 10. The molecule has 0 radical (unpaired) electrons. The van der Waals surface area contributed by atoms with Gasteiger partial charge >= 0.3 is 12.1 Å². The predicted molar refractivity (Wildman–Crippen MR) is 255 cm³/mol. The summed E-state index contributed by atoms with van der Waals surface area (Å²) in [5.41, 5.74) is 5.82. The van der Waals surface area contributed by atoms with Crippen LogP contribution in [0, 0.1) is 17.3 Å². The van der Waals surface area contributed by atoms with Crippen LogP contribution in [0.4, 0.5) is 17.6 Å². The Bertz CT molecular complexity index is 2670. The average molecular weight is 974 g/mol. The van der Waals surface area contributed by atoms with Gasteiger partial charge in [-0.3, -0.25) is 34.0 Å². The molecule has 70 heavy (non-hydrogen) atoms. The number of amides is 4. The van der Waals surface area contributed by atoms with Crippen LogP contribution in [-0.4, -0.2) is 124 Å². The third-order valence-electron chi connectivity index (χ3n) is 13.9. The van der Waals surface area contributed by atoms with E-state index < -0.39 is 89.9 Å². The van der Waals surface area contributed by atoms with Gasteiger partial charge in [-0.2, -0.15) is 13.2 Å². The van der Waals surface area contributed by atoms with Gasteiger partial charge < -0.3 is 29.2 Å². The molecule has 2 fully saturated rings. The number of pyridine rings is 1. The Labute approximate surface area is 405 Å². The summed E-state index contributed by atoms with van der Waals surface area (Å²) < 4.78 is 74.0. The van der Waals surface area contributed by atoms with Crippen molar-refractivity contribution in [3.63, 3.8) is 0 Å². The highest BCUT2D eigenvalue weighted by molar-refractivity contribution is 5.97. The first-order chi connectivity index (χ1) is 33.0. The summed E-state index contributed by atoms with van der Waals surface area (Å²) in [5.74, 6) is -8.41. The van der Waals surface area contributed by atoms with E-state index in [9.17, 15) is 37.1 Å². The lowest BCUT2D eigenvalue weighted by atomic mass is 9.84. The van der Waals surface area contributed by atoms with Gasteiger partial charge in [0.25, 0.3) is 11.8 Å². The van der Waals surface area contributed by atoms with Crippen LogP contribution in [-0.2, 0) is 52.8 Å². The fourth-order valence-corrected chi connectivity index (χ4v) is 10.3. The van der Waals surface area contributed by atoms with Crippen molar-refractivity contribution in [2.24, 2.45) is 17.3 Å². The monoisotopic (exact) mass is 973 g/mol. The van der Waals surface area contributed by atoms with E-state index in [1.165, 1.54) is 18.9 Å². The third kappa shape index (κ3) is 10.2. The van der Waals surface area contributed by atoms with Crippen LogP contribution in [0.25, 0.3) is 33.3 Å². The van der Waals surface area contributed by atoms with Gasteiger partial charge in [-0.15, -0.1) is 0 Å². The van der Waals surface area contributed by atoms with E-state index in [0.717, 1.165) is 57.7 Å². The van der Waals surface area contributed by atoms with E-state index >= 15 is 4.39 Å². The number of likely N-dealkylation sites (N-methyl/N-ethyl adjacent to an activating group) is 1. The Kier molecular flexibility index (Phi) is 15.0. The van der Waals surface area contributed by atoms with Gasteiger partial charge in [0.1, 0.15) is 24.0 Å². The zero-order chi connectivity index (χ0) is 51.0. The number of esters is 1. The molecule has 2 aromatic heterocycles. The van der Waals surface area contributed by atoms with Gasteiger partial charge in [0.15, 0.2) is 0 Å². The van der Waals surface area contributed by atoms with E-state index in [1.54, 1.807) is 19.4 Å². The lowest BCUT2D eigenvalue weighted by Gasteiger charge is -2.38. The molecule has 3 aliphatic rings. The number of fused-ring (bicyclic) bond motifs is 6. The number of benzene rings is 2. The Balaban J connectivity index is 1.30. The molecule has 0 spiro atoms. The number of nitrogens with one attached hydrogen (secondary N) is 2. The molecule has 376 valence electrons. The number of ether oxygens (including phenoxy) is 2. The Morgan fingerprint density at radius 2 is 1.81 bits per heavy atom. The lowest BCUT2D eigenvalue weighted by Crippen LogP contribution is -2.63. The maximum atomic E-state index is 16.8. The molecule has 7 rings (SSSR count). The molecule has 2 saturated heterocycles. The number of hydrogen-bond acceptors (Lipinski definition) is 9. The number of halogens is 4. The first-order valence-corrected chi connectivity index (χ1v) is 23.7. The number of cyclic esters (lactones) is 1. The highest BCUT2D eigenvalue weighted by Gasteiger charge is 2.65. The second kappa shape index (κ2) is 20.3. The van der Waals surface area contributed by atoms with Gasteiger partial charge in [0, 0.05) is 68.3 Å². The highest BCUT2D eigenvalue weighted by Crippen LogP contribution is 2.45. The molecule has 2 aromatic carbocycles. The minimum Gasteiger partial charge on any atom is -0.464 e. The smallest absolute Gasteiger partial charge is 0.397 e. The molecule has 2 unspecified atom stereocenters. The van der Waals surface area contributed by atoms with Gasteiger partial charge in [0.2, 0.25) is 17.5 Å². The van der Waals surface area contributed by atoms with E-state index in [1.807, 2.05) is 57.2 Å². The molecule has 6 atom stereocenters. The molecule has 2 N–H and O–H groups in total. The first-order valence-electron chi connectivity index (χ1n) is 23.7. The number of aryl methyl sites for hydroxylation is 1. The summed E-state index contributed by atoms with van der Waals surface area (Å²) in [6.45, 7) is 13.0. The second-order valence-corrected chi connectivity index (χ2v) is 19.8. The van der Waals surface area contributed by atoms with Gasteiger partial charge in [-0.05, 0) is 91.6 Å². The third-order valence-corrected chi connectivity index (χ3v) is 13.9. The molecule has 0 saturated carbocycles. The van der Waals surface area contributed by atoms with E-state index in [-0.39, 0.29) is 25.7 Å². The van der Waals surface area contributed by atoms with E-state index in [4.69, 9.17) is 14.5 Å².